The number of aromatic nitrogens is 3. The number of methoxy groups -OCH3 is 1. The highest BCUT2D eigenvalue weighted by molar-refractivity contribution is 5.76. The summed E-state index contributed by atoms with van der Waals surface area (Å²) >= 11 is 0. The topological polar surface area (TPSA) is 113 Å². The van der Waals surface area contributed by atoms with E-state index in [2.05, 4.69) is 37.6 Å². The SMILES string of the molecule is COC(C)CN(CCCCc1ccc2c(n1)NCCC2)CCC(Nc1cc(C(F)(F)F)ncn1)C(=O)O. The predicted octanol–water partition coefficient (Wildman–Crippen LogP) is 3.86. The summed E-state index contributed by atoms with van der Waals surface area (Å²) in [4.78, 5) is 25.6. The second-order valence-corrected chi connectivity index (χ2v) is 9.25. The van der Waals surface area contributed by atoms with Crippen LogP contribution in [0.5, 0.6) is 0 Å². The quantitative estimate of drug-likeness (QED) is 0.317. The zero-order chi connectivity index (χ0) is 26.8. The van der Waals surface area contributed by atoms with Gasteiger partial charge in [-0.05, 0) is 63.6 Å². The molecule has 204 valence electrons. The lowest BCUT2D eigenvalue weighted by molar-refractivity contribution is -0.141. The predicted molar refractivity (Wildman–Crippen MR) is 134 cm³/mol. The van der Waals surface area contributed by atoms with Crippen molar-refractivity contribution in [3.8, 4) is 0 Å². The standard InChI is InChI=1S/C25H35F3N6O3/c1-17(37-2)15-34(12-4-3-7-19-9-8-18-6-5-11-29-23(18)32-19)13-10-20(24(35)36)33-22-14-21(25(26,27)28)30-16-31-22/h8-9,14,16-17,20H,3-7,10-13,15H2,1-2H3,(H,29,32)(H,35,36)(H,30,31,33). The van der Waals surface area contributed by atoms with Gasteiger partial charge in [-0.2, -0.15) is 13.2 Å². The average Bonchev–Trinajstić information content (AvgIpc) is 2.88. The number of aryl methyl sites for hydroxylation is 2. The molecule has 0 aromatic carbocycles. The average molecular weight is 525 g/mol. The van der Waals surface area contributed by atoms with Crippen LogP contribution in [0.1, 0.15) is 49.6 Å². The van der Waals surface area contributed by atoms with E-state index in [4.69, 9.17) is 9.72 Å². The molecule has 3 rings (SSSR count). The van der Waals surface area contributed by atoms with Crippen molar-refractivity contribution in [1.29, 1.82) is 0 Å². The Hall–Kier alpha value is -2.99. The number of pyridine rings is 1. The van der Waals surface area contributed by atoms with Crippen molar-refractivity contribution >= 4 is 17.6 Å². The summed E-state index contributed by atoms with van der Waals surface area (Å²) in [5.41, 5.74) is 1.17. The fourth-order valence-corrected chi connectivity index (χ4v) is 4.22. The summed E-state index contributed by atoms with van der Waals surface area (Å²) in [7, 11) is 1.62. The minimum absolute atomic E-state index is 0.0548. The molecule has 2 aromatic heterocycles. The van der Waals surface area contributed by atoms with E-state index >= 15 is 0 Å². The molecule has 1 aliphatic heterocycles. The second kappa shape index (κ2) is 13.5. The zero-order valence-corrected chi connectivity index (χ0v) is 21.2. The van der Waals surface area contributed by atoms with Crippen molar-refractivity contribution < 1.29 is 27.8 Å². The summed E-state index contributed by atoms with van der Waals surface area (Å²) < 4.78 is 44.2. The Kier molecular flexibility index (Phi) is 10.4. The number of fused-ring (bicyclic) bond motifs is 1. The first-order valence-electron chi connectivity index (χ1n) is 12.5. The van der Waals surface area contributed by atoms with E-state index < -0.39 is 23.9 Å². The summed E-state index contributed by atoms with van der Waals surface area (Å²) in [6, 6.07) is 3.83. The third-order valence-electron chi connectivity index (χ3n) is 6.34. The molecule has 2 aromatic rings. The third kappa shape index (κ3) is 9.12. The van der Waals surface area contributed by atoms with E-state index in [0.717, 1.165) is 63.0 Å². The van der Waals surface area contributed by atoms with Crippen LogP contribution >= 0.6 is 0 Å². The molecule has 1 aliphatic rings. The molecule has 0 radical (unpaired) electrons. The van der Waals surface area contributed by atoms with Crippen LogP contribution in [0, 0.1) is 0 Å². The minimum Gasteiger partial charge on any atom is -0.480 e. The van der Waals surface area contributed by atoms with Crippen LogP contribution in [0.25, 0.3) is 0 Å². The number of nitrogens with zero attached hydrogens (tertiary/aromatic N) is 4. The molecule has 0 fully saturated rings. The highest BCUT2D eigenvalue weighted by Gasteiger charge is 2.33. The van der Waals surface area contributed by atoms with E-state index in [1.807, 2.05) is 6.92 Å². The number of nitrogens with one attached hydrogen (secondary N) is 2. The van der Waals surface area contributed by atoms with Crippen molar-refractivity contribution in [3.05, 3.63) is 41.5 Å². The van der Waals surface area contributed by atoms with Crippen LogP contribution in [0.4, 0.5) is 24.8 Å². The van der Waals surface area contributed by atoms with Crippen molar-refractivity contribution in [1.82, 2.24) is 19.9 Å². The molecule has 0 spiro atoms. The molecular formula is C25H35F3N6O3. The summed E-state index contributed by atoms with van der Waals surface area (Å²) in [6.45, 7) is 4.65. The van der Waals surface area contributed by atoms with Crippen molar-refractivity contribution in [2.75, 3.05) is 43.9 Å². The maximum absolute atomic E-state index is 12.9. The number of aliphatic carboxylic acids is 1. The molecular weight excluding hydrogens is 489 g/mol. The molecule has 0 saturated carbocycles. The minimum atomic E-state index is -4.64. The highest BCUT2D eigenvalue weighted by atomic mass is 19.4. The molecule has 0 bridgehead atoms. The normalized spacial score (nSPS) is 15.1. The summed E-state index contributed by atoms with van der Waals surface area (Å²) in [6.07, 6.45) is 1.07. The fourth-order valence-electron chi connectivity index (χ4n) is 4.22. The van der Waals surface area contributed by atoms with Crippen LogP contribution in [-0.4, -0.2) is 76.4 Å². The lowest BCUT2D eigenvalue weighted by atomic mass is 10.1. The van der Waals surface area contributed by atoms with E-state index in [0.29, 0.717) is 19.2 Å². The number of carbonyl (C=O) groups is 1. The second-order valence-electron chi connectivity index (χ2n) is 9.25. The van der Waals surface area contributed by atoms with Gasteiger partial charge < -0.3 is 25.4 Å². The molecule has 3 heterocycles. The van der Waals surface area contributed by atoms with E-state index in [1.165, 1.54) is 5.56 Å². The molecule has 0 amide bonds. The van der Waals surface area contributed by atoms with Gasteiger partial charge in [0.05, 0.1) is 6.10 Å². The molecule has 0 saturated heterocycles. The number of alkyl halides is 3. The van der Waals surface area contributed by atoms with Crippen LogP contribution in [0.15, 0.2) is 24.5 Å². The smallest absolute Gasteiger partial charge is 0.433 e. The summed E-state index contributed by atoms with van der Waals surface area (Å²) in [5.74, 6) is -0.366. The number of hydrogen-bond acceptors (Lipinski definition) is 8. The molecule has 12 heteroatoms. The van der Waals surface area contributed by atoms with Crippen molar-refractivity contribution in [2.45, 2.75) is 63.8 Å². The number of unbranched alkanes of at least 4 members (excludes halogenated alkanes) is 1. The van der Waals surface area contributed by atoms with Crippen LogP contribution in [-0.2, 0) is 28.5 Å². The lowest BCUT2D eigenvalue weighted by Crippen LogP contribution is -2.38. The van der Waals surface area contributed by atoms with Crippen LogP contribution < -0.4 is 10.6 Å². The zero-order valence-electron chi connectivity index (χ0n) is 21.2. The maximum Gasteiger partial charge on any atom is 0.433 e. The maximum atomic E-state index is 12.9. The molecule has 2 unspecified atom stereocenters. The molecule has 0 aliphatic carbocycles. The number of halogens is 3. The van der Waals surface area contributed by atoms with Crippen LogP contribution in [0.3, 0.4) is 0 Å². The lowest BCUT2D eigenvalue weighted by Gasteiger charge is -2.27. The van der Waals surface area contributed by atoms with E-state index in [-0.39, 0.29) is 18.3 Å². The van der Waals surface area contributed by atoms with Gasteiger partial charge in [0, 0.05) is 38.5 Å². The number of hydrogen-bond donors (Lipinski definition) is 3. The van der Waals surface area contributed by atoms with Gasteiger partial charge >= 0.3 is 12.1 Å². The number of ether oxygens (including phenoxy) is 1. The first-order valence-corrected chi connectivity index (χ1v) is 12.5. The Morgan fingerprint density at radius 3 is 2.81 bits per heavy atom. The van der Waals surface area contributed by atoms with Gasteiger partial charge in [-0.15, -0.1) is 0 Å². The Balaban J connectivity index is 1.53. The summed E-state index contributed by atoms with van der Waals surface area (Å²) in [5, 5.41) is 15.6. The Bertz CT molecular complexity index is 1020. The number of carboxylic acids is 1. The van der Waals surface area contributed by atoms with Gasteiger partial charge in [0.15, 0.2) is 0 Å². The van der Waals surface area contributed by atoms with E-state index in [9.17, 15) is 23.1 Å². The Labute approximate surface area is 214 Å². The van der Waals surface area contributed by atoms with Gasteiger partial charge in [0.1, 0.15) is 29.7 Å². The number of carboxylic acid groups (broad SMARTS) is 1. The van der Waals surface area contributed by atoms with Gasteiger partial charge in [-0.25, -0.2) is 19.7 Å². The Morgan fingerprint density at radius 2 is 2.08 bits per heavy atom. The molecule has 9 nitrogen and oxygen atoms in total. The van der Waals surface area contributed by atoms with Crippen molar-refractivity contribution in [3.63, 3.8) is 0 Å². The molecule has 2 atom stereocenters. The van der Waals surface area contributed by atoms with Gasteiger partial charge in [-0.1, -0.05) is 6.07 Å². The van der Waals surface area contributed by atoms with Gasteiger partial charge in [-0.3, -0.25) is 0 Å². The fraction of sp³-hybridized carbons (Fsp3) is 0.600. The largest absolute Gasteiger partial charge is 0.480 e. The van der Waals surface area contributed by atoms with Crippen LogP contribution in [0.2, 0.25) is 0 Å². The molecule has 37 heavy (non-hydrogen) atoms. The monoisotopic (exact) mass is 524 g/mol. The number of anilines is 2. The number of rotatable bonds is 14. The third-order valence-corrected chi connectivity index (χ3v) is 6.34. The van der Waals surface area contributed by atoms with Gasteiger partial charge in [0.2, 0.25) is 0 Å². The Morgan fingerprint density at radius 1 is 1.27 bits per heavy atom. The first kappa shape index (κ1) is 28.6. The highest BCUT2D eigenvalue weighted by Crippen LogP contribution is 2.28. The molecule has 3 N–H and O–H groups in total. The van der Waals surface area contributed by atoms with E-state index in [1.54, 1.807) is 7.11 Å². The first-order chi connectivity index (χ1) is 17.7. The van der Waals surface area contributed by atoms with Gasteiger partial charge in [0.25, 0.3) is 0 Å². The van der Waals surface area contributed by atoms with Crippen molar-refractivity contribution in [2.24, 2.45) is 0 Å².